The van der Waals surface area contributed by atoms with E-state index in [9.17, 15) is 9.59 Å². The van der Waals surface area contributed by atoms with Crippen molar-refractivity contribution in [2.24, 2.45) is 0 Å². The third kappa shape index (κ3) is 4.43. The molecule has 0 unspecified atom stereocenters. The number of nitrogens with one attached hydrogen (secondary N) is 2. The van der Waals surface area contributed by atoms with Crippen LogP contribution in [0.5, 0.6) is 5.75 Å². The Hall–Kier alpha value is -4.32. The van der Waals surface area contributed by atoms with Gasteiger partial charge in [0.15, 0.2) is 6.10 Å². The molecule has 0 radical (unpaired) electrons. The lowest BCUT2D eigenvalue weighted by atomic mass is 10.0. The Morgan fingerprint density at radius 1 is 1.00 bits per heavy atom. The van der Waals surface area contributed by atoms with E-state index in [0.29, 0.717) is 24.3 Å². The van der Waals surface area contributed by atoms with Gasteiger partial charge < -0.3 is 19.5 Å². The molecule has 0 aliphatic rings. The molecule has 2 aromatic heterocycles. The molecule has 2 N–H and O–H groups in total. The lowest BCUT2D eigenvalue weighted by Crippen LogP contribution is -2.37. The maximum absolute atomic E-state index is 12.6. The third-order valence-corrected chi connectivity index (χ3v) is 5.85. The topological polar surface area (TPSA) is 84.3 Å². The van der Waals surface area contributed by atoms with Crippen LogP contribution in [-0.4, -0.2) is 23.5 Å². The number of rotatable bonds is 7. The van der Waals surface area contributed by atoms with Crippen LogP contribution in [0.1, 0.15) is 12.5 Å². The highest BCUT2D eigenvalue weighted by Crippen LogP contribution is 2.29. The molecule has 0 aliphatic heterocycles. The molecule has 0 bridgehead atoms. The van der Waals surface area contributed by atoms with Gasteiger partial charge in [-0.05, 0) is 48.2 Å². The fraction of sp³-hybridized carbons (Fsp3) is 0.143. The summed E-state index contributed by atoms with van der Waals surface area (Å²) < 4.78 is 11.3. The molecule has 0 aliphatic carbocycles. The van der Waals surface area contributed by atoms with Crippen molar-refractivity contribution in [1.82, 2.24) is 10.3 Å². The Labute approximate surface area is 196 Å². The summed E-state index contributed by atoms with van der Waals surface area (Å²) in [6, 6.07) is 24.5. The molecule has 0 spiro atoms. The summed E-state index contributed by atoms with van der Waals surface area (Å²) in [6.07, 6.45) is 1.99. The molecule has 34 heavy (non-hydrogen) atoms. The second-order valence-electron chi connectivity index (χ2n) is 8.16. The number of hydrogen-bond donors (Lipinski definition) is 2. The fourth-order valence-electron chi connectivity index (χ4n) is 4.13. The molecule has 0 fully saturated rings. The molecule has 0 saturated carbocycles. The van der Waals surface area contributed by atoms with Gasteiger partial charge in [-0.1, -0.05) is 48.5 Å². The lowest BCUT2D eigenvalue weighted by molar-refractivity contribution is -0.127. The van der Waals surface area contributed by atoms with E-state index in [1.807, 2.05) is 60.8 Å². The van der Waals surface area contributed by atoms with E-state index in [2.05, 4.69) is 16.4 Å². The minimum Gasteiger partial charge on any atom is -0.481 e. The standard InChI is InChI=1S/C28H24N2O4/c1-18(28(32)29-14-13-20-17-30-25-10-6-5-9-22(20)25)33-21-11-12-23-24(19-7-3-2-4-8-19)16-27(31)34-26(23)15-21/h2-12,15-18,30H,13-14H2,1H3,(H,29,32)/t18-/m1/s1. The van der Waals surface area contributed by atoms with Crippen LogP contribution in [0, 0.1) is 0 Å². The largest absolute Gasteiger partial charge is 0.481 e. The van der Waals surface area contributed by atoms with E-state index in [0.717, 1.165) is 33.0 Å². The summed E-state index contributed by atoms with van der Waals surface area (Å²) in [6.45, 7) is 2.20. The molecule has 2 heterocycles. The molecular formula is C28H24N2O4. The molecule has 1 amide bonds. The average molecular weight is 453 g/mol. The molecule has 6 nitrogen and oxygen atoms in total. The van der Waals surface area contributed by atoms with Crippen molar-refractivity contribution < 1.29 is 13.9 Å². The van der Waals surface area contributed by atoms with Crippen LogP contribution in [0.3, 0.4) is 0 Å². The summed E-state index contributed by atoms with van der Waals surface area (Å²) in [5.41, 5.74) is 3.93. The first-order chi connectivity index (χ1) is 16.6. The Morgan fingerprint density at radius 2 is 1.79 bits per heavy atom. The normalized spacial score (nSPS) is 12.0. The fourth-order valence-corrected chi connectivity index (χ4v) is 4.13. The van der Waals surface area contributed by atoms with Gasteiger partial charge in [0.1, 0.15) is 11.3 Å². The number of aromatic amines is 1. The second-order valence-corrected chi connectivity index (χ2v) is 8.16. The molecule has 3 aromatic carbocycles. The minimum absolute atomic E-state index is 0.209. The van der Waals surface area contributed by atoms with Gasteiger partial charge in [-0.25, -0.2) is 4.79 Å². The Balaban J connectivity index is 1.26. The van der Waals surface area contributed by atoms with E-state index in [1.165, 1.54) is 6.07 Å². The maximum Gasteiger partial charge on any atom is 0.336 e. The van der Waals surface area contributed by atoms with Crippen molar-refractivity contribution in [3.8, 4) is 16.9 Å². The first-order valence-corrected chi connectivity index (χ1v) is 11.2. The zero-order chi connectivity index (χ0) is 23.5. The van der Waals surface area contributed by atoms with Gasteiger partial charge in [0.05, 0.1) is 0 Å². The Morgan fingerprint density at radius 3 is 2.65 bits per heavy atom. The molecule has 170 valence electrons. The molecule has 5 rings (SSSR count). The van der Waals surface area contributed by atoms with Crippen LogP contribution in [0.25, 0.3) is 33.0 Å². The molecular weight excluding hydrogens is 428 g/mol. The van der Waals surface area contributed by atoms with Gasteiger partial charge in [0.25, 0.3) is 5.91 Å². The number of benzene rings is 3. The lowest BCUT2D eigenvalue weighted by Gasteiger charge is -2.15. The van der Waals surface area contributed by atoms with Crippen LogP contribution in [-0.2, 0) is 11.2 Å². The molecule has 6 heteroatoms. The summed E-state index contributed by atoms with van der Waals surface area (Å²) >= 11 is 0. The second kappa shape index (κ2) is 9.27. The highest BCUT2D eigenvalue weighted by molar-refractivity contribution is 5.93. The number of H-pyrrole nitrogens is 1. The number of aromatic nitrogens is 1. The monoisotopic (exact) mass is 452 g/mol. The highest BCUT2D eigenvalue weighted by Gasteiger charge is 2.16. The van der Waals surface area contributed by atoms with Gasteiger partial charge in [-0.3, -0.25) is 4.79 Å². The summed E-state index contributed by atoms with van der Waals surface area (Å²) in [5, 5.41) is 4.89. The Bertz CT molecular complexity index is 1520. The third-order valence-electron chi connectivity index (χ3n) is 5.85. The van der Waals surface area contributed by atoms with E-state index in [4.69, 9.17) is 9.15 Å². The maximum atomic E-state index is 12.6. The molecule has 5 aromatic rings. The van der Waals surface area contributed by atoms with Gasteiger partial charge in [0, 0.05) is 41.2 Å². The van der Waals surface area contributed by atoms with Crippen molar-refractivity contribution in [3.63, 3.8) is 0 Å². The smallest absolute Gasteiger partial charge is 0.336 e. The van der Waals surface area contributed by atoms with Crippen molar-refractivity contribution in [1.29, 1.82) is 0 Å². The number of fused-ring (bicyclic) bond motifs is 2. The first-order valence-electron chi connectivity index (χ1n) is 11.2. The average Bonchev–Trinajstić information content (AvgIpc) is 3.27. The van der Waals surface area contributed by atoms with Crippen LogP contribution >= 0.6 is 0 Å². The zero-order valence-corrected chi connectivity index (χ0v) is 18.7. The van der Waals surface area contributed by atoms with Gasteiger partial charge >= 0.3 is 5.63 Å². The number of carbonyl (C=O) groups is 1. The van der Waals surface area contributed by atoms with Crippen LogP contribution in [0.4, 0.5) is 0 Å². The van der Waals surface area contributed by atoms with E-state index >= 15 is 0 Å². The Kier molecular flexibility index (Phi) is 5.87. The van der Waals surface area contributed by atoms with Crippen LogP contribution in [0.2, 0.25) is 0 Å². The van der Waals surface area contributed by atoms with Crippen molar-refractivity contribution >= 4 is 27.8 Å². The van der Waals surface area contributed by atoms with E-state index < -0.39 is 11.7 Å². The number of para-hydroxylation sites is 1. The quantitative estimate of drug-likeness (QED) is 0.338. The predicted octanol–water partition coefficient (Wildman–Crippen LogP) is 5.07. The summed E-state index contributed by atoms with van der Waals surface area (Å²) in [4.78, 5) is 28.0. The number of ether oxygens (including phenoxy) is 1. The SMILES string of the molecule is C[C@@H](Oc1ccc2c(-c3ccccc3)cc(=O)oc2c1)C(=O)NCCc1c[nH]c2ccccc12. The molecule has 0 saturated heterocycles. The van der Waals surface area contributed by atoms with Gasteiger partial charge in [-0.15, -0.1) is 0 Å². The van der Waals surface area contributed by atoms with Crippen molar-refractivity contribution in [3.05, 3.63) is 101 Å². The zero-order valence-electron chi connectivity index (χ0n) is 18.7. The number of amides is 1. The van der Waals surface area contributed by atoms with E-state index in [1.54, 1.807) is 19.1 Å². The predicted molar refractivity (Wildman–Crippen MR) is 133 cm³/mol. The molecule has 1 atom stereocenters. The van der Waals surface area contributed by atoms with E-state index in [-0.39, 0.29) is 5.91 Å². The van der Waals surface area contributed by atoms with Crippen LogP contribution in [0.15, 0.2) is 94.3 Å². The highest BCUT2D eigenvalue weighted by atomic mass is 16.5. The number of hydrogen-bond acceptors (Lipinski definition) is 4. The summed E-state index contributed by atoms with van der Waals surface area (Å²) in [5.74, 6) is 0.250. The first kappa shape index (κ1) is 21.5. The minimum atomic E-state index is -0.704. The van der Waals surface area contributed by atoms with Gasteiger partial charge in [-0.2, -0.15) is 0 Å². The van der Waals surface area contributed by atoms with Gasteiger partial charge in [0.2, 0.25) is 0 Å². The van der Waals surface area contributed by atoms with Crippen molar-refractivity contribution in [2.45, 2.75) is 19.4 Å². The summed E-state index contributed by atoms with van der Waals surface area (Å²) in [7, 11) is 0. The number of carbonyl (C=O) groups excluding carboxylic acids is 1. The van der Waals surface area contributed by atoms with Crippen LogP contribution < -0.4 is 15.7 Å². The van der Waals surface area contributed by atoms with Crippen molar-refractivity contribution in [2.75, 3.05) is 6.54 Å².